The molecule has 0 spiro atoms. The SMILES string of the molecule is CC1CC(NC(=O)C(C)(C)COc2ncccc2OC(F)(F)F)CCN1C(=O)OC(C)(C)C. The highest BCUT2D eigenvalue weighted by atomic mass is 19.4. The summed E-state index contributed by atoms with van der Waals surface area (Å²) in [5.74, 6) is -1.25. The Morgan fingerprint density at radius 3 is 2.45 bits per heavy atom. The van der Waals surface area contributed by atoms with Gasteiger partial charge in [0.25, 0.3) is 5.88 Å². The number of rotatable bonds is 6. The van der Waals surface area contributed by atoms with Crippen LogP contribution < -0.4 is 14.8 Å². The second-order valence-electron chi connectivity index (χ2n) is 9.74. The van der Waals surface area contributed by atoms with Gasteiger partial charge in [-0.1, -0.05) is 0 Å². The number of nitrogens with one attached hydrogen (secondary N) is 1. The Morgan fingerprint density at radius 1 is 1.21 bits per heavy atom. The molecule has 11 heteroatoms. The van der Waals surface area contributed by atoms with Crippen molar-refractivity contribution in [1.82, 2.24) is 15.2 Å². The maximum absolute atomic E-state index is 12.8. The predicted octanol–water partition coefficient (Wildman–Crippen LogP) is 4.29. The molecule has 1 saturated heterocycles. The summed E-state index contributed by atoms with van der Waals surface area (Å²) in [5.41, 5.74) is -1.65. The van der Waals surface area contributed by atoms with Gasteiger partial charge in [-0.15, -0.1) is 13.2 Å². The van der Waals surface area contributed by atoms with Gasteiger partial charge < -0.3 is 24.4 Å². The van der Waals surface area contributed by atoms with Gasteiger partial charge in [0, 0.05) is 24.8 Å². The molecular formula is C22H32F3N3O5. The van der Waals surface area contributed by atoms with Crippen molar-refractivity contribution in [2.45, 2.75) is 78.4 Å². The molecule has 186 valence electrons. The molecule has 0 saturated carbocycles. The number of likely N-dealkylation sites (tertiary alicyclic amines) is 1. The van der Waals surface area contributed by atoms with Crippen LogP contribution in [0.5, 0.6) is 11.6 Å². The van der Waals surface area contributed by atoms with Crippen LogP contribution in [-0.2, 0) is 9.53 Å². The lowest BCUT2D eigenvalue weighted by atomic mass is 9.91. The molecule has 2 amide bonds. The van der Waals surface area contributed by atoms with Crippen LogP contribution in [0.25, 0.3) is 0 Å². The predicted molar refractivity (Wildman–Crippen MR) is 114 cm³/mol. The van der Waals surface area contributed by atoms with Gasteiger partial charge in [-0.05, 0) is 66.5 Å². The fourth-order valence-electron chi connectivity index (χ4n) is 3.28. The number of pyridine rings is 1. The third-order valence-electron chi connectivity index (χ3n) is 4.99. The molecule has 0 aliphatic carbocycles. The van der Waals surface area contributed by atoms with Crippen LogP contribution >= 0.6 is 0 Å². The van der Waals surface area contributed by atoms with Crippen LogP contribution in [0.1, 0.15) is 54.4 Å². The quantitative estimate of drug-likeness (QED) is 0.660. The van der Waals surface area contributed by atoms with Gasteiger partial charge in [0.1, 0.15) is 12.2 Å². The van der Waals surface area contributed by atoms with Gasteiger partial charge in [0.05, 0.1) is 5.41 Å². The minimum absolute atomic E-state index is 0.131. The molecule has 1 aliphatic rings. The Hall–Kier alpha value is -2.72. The Kier molecular flexibility index (Phi) is 8.08. The maximum atomic E-state index is 12.8. The van der Waals surface area contributed by atoms with E-state index in [1.165, 1.54) is 12.3 Å². The minimum Gasteiger partial charge on any atom is -0.474 e. The number of carbonyl (C=O) groups is 2. The van der Waals surface area contributed by atoms with E-state index >= 15 is 0 Å². The number of ether oxygens (including phenoxy) is 3. The van der Waals surface area contributed by atoms with Crippen molar-refractivity contribution < 1.29 is 37.0 Å². The van der Waals surface area contributed by atoms with Crippen molar-refractivity contribution in [1.29, 1.82) is 0 Å². The highest BCUT2D eigenvalue weighted by Crippen LogP contribution is 2.31. The highest BCUT2D eigenvalue weighted by molar-refractivity contribution is 5.82. The summed E-state index contributed by atoms with van der Waals surface area (Å²) in [4.78, 5) is 30.6. The Balaban J connectivity index is 1.92. The molecule has 33 heavy (non-hydrogen) atoms. The number of halogens is 3. The zero-order valence-corrected chi connectivity index (χ0v) is 19.8. The first-order chi connectivity index (χ1) is 15.1. The van der Waals surface area contributed by atoms with E-state index in [1.54, 1.807) is 39.5 Å². The number of hydrogen-bond donors (Lipinski definition) is 1. The van der Waals surface area contributed by atoms with Crippen molar-refractivity contribution in [3.8, 4) is 11.6 Å². The third kappa shape index (κ3) is 8.29. The lowest BCUT2D eigenvalue weighted by Gasteiger charge is -2.39. The summed E-state index contributed by atoms with van der Waals surface area (Å²) < 4.78 is 52.5. The summed E-state index contributed by atoms with van der Waals surface area (Å²) in [6, 6.07) is 2.08. The maximum Gasteiger partial charge on any atom is 0.573 e. The Morgan fingerprint density at radius 2 is 1.88 bits per heavy atom. The van der Waals surface area contributed by atoms with Gasteiger partial charge >= 0.3 is 12.5 Å². The first-order valence-corrected chi connectivity index (χ1v) is 10.7. The summed E-state index contributed by atoms with van der Waals surface area (Å²) in [5, 5.41) is 2.96. The number of nitrogens with zero attached hydrogens (tertiary/aromatic N) is 2. The van der Waals surface area contributed by atoms with E-state index in [0.717, 1.165) is 6.07 Å². The van der Waals surface area contributed by atoms with Crippen molar-refractivity contribution in [3.63, 3.8) is 0 Å². The molecule has 1 N–H and O–H groups in total. The standard InChI is InChI=1S/C22H32F3N3O5/c1-14-12-15(9-11-28(14)19(30)33-20(2,3)4)27-18(29)21(5,6)13-31-17-16(8-7-10-26-17)32-22(23,24)25/h7-8,10,14-15H,9,11-13H2,1-6H3,(H,27,29). The summed E-state index contributed by atoms with van der Waals surface area (Å²) >= 11 is 0. The largest absolute Gasteiger partial charge is 0.573 e. The van der Waals surface area contributed by atoms with E-state index in [-0.39, 0.29) is 36.6 Å². The zero-order chi connectivity index (χ0) is 25.0. The fourth-order valence-corrected chi connectivity index (χ4v) is 3.28. The van der Waals surface area contributed by atoms with Crippen molar-refractivity contribution in [2.75, 3.05) is 13.2 Å². The van der Waals surface area contributed by atoms with E-state index < -0.39 is 23.1 Å². The normalized spacial score (nSPS) is 19.6. The van der Waals surface area contributed by atoms with Crippen LogP contribution in [0.2, 0.25) is 0 Å². The summed E-state index contributed by atoms with van der Waals surface area (Å²) in [6.07, 6.45) is -2.91. The van der Waals surface area contributed by atoms with Gasteiger partial charge in [0.2, 0.25) is 5.91 Å². The minimum atomic E-state index is -4.89. The first kappa shape index (κ1) is 26.5. The van der Waals surface area contributed by atoms with Crippen LogP contribution in [0.4, 0.5) is 18.0 Å². The average Bonchev–Trinajstić information content (AvgIpc) is 2.64. The number of carbonyl (C=O) groups excluding carboxylic acids is 2. The van der Waals surface area contributed by atoms with Crippen molar-refractivity contribution in [3.05, 3.63) is 18.3 Å². The highest BCUT2D eigenvalue weighted by Gasteiger charge is 2.36. The zero-order valence-electron chi connectivity index (χ0n) is 19.8. The molecule has 1 aliphatic heterocycles. The molecule has 2 heterocycles. The smallest absolute Gasteiger partial charge is 0.474 e. The van der Waals surface area contributed by atoms with E-state index in [9.17, 15) is 22.8 Å². The molecule has 2 atom stereocenters. The molecule has 1 fully saturated rings. The van der Waals surface area contributed by atoms with Crippen molar-refractivity contribution in [2.24, 2.45) is 5.41 Å². The van der Waals surface area contributed by atoms with E-state index in [1.807, 2.05) is 6.92 Å². The average molecular weight is 476 g/mol. The van der Waals surface area contributed by atoms with Crippen LogP contribution in [-0.4, -0.2) is 59.1 Å². The molecule has 2 rings (SSSR count). The van der Waals surface area contributed by atoms with Gasteiger partial charge in [-0.25, -0.2) is 9.78 Å². The molecule has 0 radical (unpaired) electrons. The topological polar surface area (TPSA) is 90.0 Å². The van der Waals surface area contributed by atoms with E-state index in [2.05, 4.69) is 15.0 Å². The number of aromatic nitrogens is 1. The fraction of sp³-hybridized carbons (Fsp3) is 0.682. The van der Waals surface area contributed by atoms with E-state index in [0.29, 0.717) is 19.4 Å². The first-order valence-electron chi connectivity index (χ1n) is 10.7. The Labute approximate surface area is 191 Å². The lowest BCUT2D eigenvalue weighted by molar-refractivity contribution is -0.275. The van der Waals surface area contributed by atoms with Crippen molar-refractivity contribution >= 4 is 12.0 Å². The van der Waals surface area contributed by atoms with Gasteiger partial charge in [-0.3, -0.25) is 4.79 Å². The second-order valence-corrected chi connectivity index (χ2v) is 9.74. The number of amides is 2. The molecule has 0 bridgehead atoms. The Bertz CT molecular complexity index is 839. The number of alkyl halides is 3. The van der Waals surface area contributed by atoms with Gasteiger partial charge in [-0.2, -0.15) is 0 Å². The molecule has 1 aromatic heterocycles. The monoisotopic (exact) mass is 475 g/mol. The molecular weight excluding hydrogens is 443 g/mol. The summed E-state index contributed by atoms with van der Waals surface area (Å²) in [7, 11) is 0. The van der Waals surface area contributed by atoms with Gasteiger partial charge in [0.15, 0.2) is 5.75 Å². The summed E-state index contributed by atoms with van der Waals surface area (Å²) in [6.45, 7) is 10.8. The number of piperidine rings is 1. The van der Waals surface area contributed by atoms with E-state index in [4.69, 9.17) is 9.47 Å². The molecule has 0 aromatic carbocycles. The van der Waals surface area contributed by atoms with Crippen LogP contribution in [0, 0.1) is 5.41 Å². The second kappa shape index (κ2) is 10.0. The molecule has 1 aromatic rings. The van der Waals surface area contributed by atoms with Crippen LogP contribution in [0.3, 0.4) is 0 Å². The van der Waals surface area contributed by atoms with Crippen LogP contribution in [0.15, 0.2) is 18.3 Å². The molecule has 2 unspecified atom stereocenters. The lowest BCUT2D eigenvalue weighted by Crippen LogP contribution is -2.54. The molecule has 8 nitrogen and oxygen atoms in total. The number of hydrogen-bond acceptors (Lipinski definition) is 6. The third-order valence-corrected chi connectivity index (χ3v) is 4.99.